The summed E-state index contributed by atoms with van der Waals surface area (Å²) in [7, 11) is -7.40. The van der Waals surface area contributed by atoms with Crippen LogP contribution in [0.15, 0.2) is 0 Å². The Kier molecular flexibility index (Phi) is 3.98. The third kappa shape index (κ3) is 2.99. The molecule has 0 aromatic heterocycles. The molecule has 13 heteroatoms. The molecule has 110 valence electrons. The third-order valence-corrected chi connectivity index (χ3v) is 3.25. The molecule has 0 atom stereocenters. The lowest BCUT2D eigenvalue weighted by Crippen LogP contribution is -2.63. The van der Waals surface area contributed by atoms with Gasteiger partial charge in [-0.15, -0.1) is 0 Å². The Hall–Kier alpha value is -0.720. The van der Waals surface area contributed by atoms with E-state index in [0.29, 0.717) is 0 Å². The van der Waals surface area contributed by atoms with Crippen LogP contribution < -0.4 is 0 Å². The second-order valence-electron chi connectivity index (χ2n) is 3.07. The van der Waals surface area contributed by atoms with Crippen molar-refractivity contribution in [2.75, 3.05) is 0 Å². The molecule has 0 aliphatic heterocycles. The molecular formula is C5H2F9O3S-. The van der Waals surface area contributed by atoms with E-state index in [4.69, 9.17) is 0 Å². The minimum atomic E-state index is -7.40. The number of alkyl halides is 9. The normalized spacial score (nSPS) is 15.9. The van der Waals surface area contributed by atoms with E-state index in [0.717, 1.165) is 0 Å². The average Bonchev–Trinajstić information content (AvgIpc) is 1.90. The summed E-state index contributed by atoms with van der Waals surface area (Å²) in [5, 5.41) is 0. The van der Waals surface area contributed by atoms with Crippen LogP contribution in [0.4, 0.5) is 39.5 Å². The van der Waals surface area contributed by atoms with Gasteiger partial charge in [0.1, 0.15) is 10.1 Å². The molecule has 0 N–H and O–H groups in total. The van der Waals surface area contributed by atoms with Crippen LogP contribution >= 0.6 is 0 Å². The Bertz CT molecular complexity index is 385. The molecule has 0 rings (SSSR count). The highest BCUT2D eigenvalue weighted by Gasteiger charge is 2.78. The van der Waals surface area contributed by atoms with E-state index < -0.39 is 39.8 Å². The van der Waals surface area contributed by atoms with Crippen LogP contribution in [-0.4, -0.2) is 36.2 Å². The molecule has 0 spiro atoms. The maximum atomic E-state index is 12.1. The minimum absolute atomic E-state index is 3.89. The van der Waals surface area contributed by atoms with E-state index in [1.165, 1.54) is 0 Å². The fourth-order valence-corrected chi connectivity index (χ4v) is 1.92. The van der Waals surface area contributed by atoms with E-state index in [-0.39, 0.29) is 0 Å². The highest BCUT2D eigenvalue weighted by atomic mass is 32.2. The first-order chi connectivity index (χ1) is 7.46. The summed E-state index contributed by atoms with van der Waals surface area (Å²) in [5.74, 6) is 0. The second-order valence-corrected chi connectivity index (χ2v) is 4.67. The Balaban J connectivity index is 6.29. The number of hydrogen-bond acceptors (Lipinski definition) is 3. The molecule has 0 amide bonds. The summed E-state index contributed by atoms with van der Waals surface area (Å²) < 4.78 is 132. The molecule has 18 heavy (non-hydrogen) atoms. The van der Waals surface area contributed by atoms with E-state index in [9.17, 15) is 52.5 Å². The summed E-state index contributed by atoms with van der Waals surface area (Å²) >= 11 is 0. The zero-order valence-corrected chi connectivity index (χ0v) is 8.56. The summed E-state index contributed by atoms with van der Waals surface area (Å²) in [5.41, 5.74) is 0. The molecule has 3 nitrogen and oxygen atoms in total. The van der Waals surface area contributed by atoms with E-state index in [2.05, 4.69) is 0 Å². The Labute approximate surface area is 93.3 Å². The van der Waals surface area contributed by atoms with Gasteiger partial charge < -0.3 is 4.55 Å². The summed E-state index contributed by atoms with van der Waals surface area (Å²) in [6.07, 6.45) is -24.0. The topological polar surface area (TPSA) is 57.2 Å². The molecular weight excluding hydrogens is 311 g/mol. The van der Waals surface area contributed by atoms with Crippen molar-refractivity contribution in [2.24, 2.45) is 0 Å². The average molecular weight is 313 g/mol. The lowest BCUT2D eigenvalue weighted by atomic mass is 10.0. The smallest absolute Gasteiger partial charge is 0.416 e. The summed E-state index contributed by atoms with van der Waals surface area (Å²) in [6.45, 7) is 0. The SMILES string of the molecule is O=S(=O)([O-])C(CC(F)(F)F)(C(F)(F)F)C(F)(F)F. The minimum Gasteiger partial charge on any atom is -0.747 e. The fourth-order valence-electron chi connectivity index (χ4n) is 1.02. The van der Waals surface area contributed by atoms with Gasteiger partial charge in [-0.25, -0.2) is 8.42 Å². The highest BCUT2D eigenvalue weighted by Crippen LogP contribution is 2.53. The quantitative estimate of drug-likeness (QED) is 0.581. The number of rotatable bonds is 2. The van der Waals surface area contributed by atoms with Crippen molar-refractivity contribution in [3.63, 3.8) is 0 Å². The molecule has 0 aliphatic rings. The monoisotopic (exact) mass is 313 g/mol. The fraction of sp³-hybridized carbons (Fsp3) is 1.00. The summed E-state index contributed by atoms with van der Waals surface area (Å²) in [6, 6.07) is 0. The highest BCUT2D eigenvalue weighted by molar-refractivity contribution is 7.87. The van der Waals surface area contributed by atoms with Crippen LogP contribution in [0, 0.1) is 0 Å². The van der Waals surface area contributed by atoms with Gasteiger partial charge in [-0.3, -0.25) is 0 Å². The second kappa shape index (κ2) is 4.15. The van der Waals surface area contributed by atoms with Crippen molar-refractivity contribution in [3.05, 3.63) is 0 Å². The van der Waals surface area contributed by atoms with Gasteiger partial charge in [0.05, 0.1) is 6.42 Å². The Morgan fingerprint density at radius 2 is 1.06 bits per heavy atom. The zero-order valence-electron chi connectivity index (χ0n) is 7.74. The number of hydrogen-bond donors (Lipinski definition) is 0. The van der Waals surface area contributed by atoms with Crippen molar-refractivity contribution in [3.8, 4) is 0 Å². The van der Waals surface area contributed by atoms with Gasteiger partial charge in [0.25, 0.3) is 4.75 Å². The van der Waals surface area contributed by atoms with Gasteiger partial charge >= 0.3 is 18.5 Å². The standard InChI is InChI=1S/C5H3F9O3S/c6-3(7,8)1-2(4(9,10)11,5(12,13)14)18(15,16)17/h1H2,(H,15,16,17)/p-1. The van der Waals surface area contributed by atoms with Gasteiger partial charge in [-0.2, -0.15) is 39.5 Å². The molecule has 0 aromatic carbocycles. The van der Waals surface area contributed by atoms with Gasteiger partial charge in [0.2, 0.25) is 0 Å². The first-order valence-electron chi connectivity index (χ1n) is 3.61. The van der Waals surface area contributed by atoms with E-state index in [1.807, 2.05) is 0 Å². The molecule has 0 fully saturated rings. The van der Waals surface area contributed by atoms with Crippen LogP contribution in [0.5, 0.6) is 0 Å². The molecule has 0 radical (unpaired) electrons. The molecule has 0 aromatic rings. The van der Waals surface area contributed by atoms with Gasteiger partial charge in [0, 0.05) is 0 Å². The predicted molar refractivity (Wildman–Crippen MR) is 35.2 cm³/mol. The first kappa shape index (κ1) is 17.3. The van der Waals surface area contributed by atoms with Crippen LogP contribution in [-0.2, 0) is 10.1 Å². The lowest BCUT2D eigenvalue weighted by Gasteiger charge is -2.39. The van der Waals surface area contributed by atoms with Crippen molar-refractivity contribution >= 4 is 10.1 Å². The van der Waals surface area contributed by atoms with E-state index in [1.54, 1.807) is 0 Å². The van der Waals surface area contributed by atoms with Crippen molar-refractivity contribution < 1.29 is 52.5 Å². The molecule has 0 bridgehead atoms. The van der Waals surface area contributed by atoms with Gasteiger partial charge in [-0.05, 0) is 0 Å². The number of halogens is 9. The Morgan fingerprint density at radius 1 is 0.778 bits per heavy atom. The molecule has 0 saturated heterocycles. The van der Waals surface area contributed by atoms with Crippen molar-refractivity contribution in [1.29, 1.82) is 0 Å². The van der Waals surface area contributed by atoms with E-state index >= 15 is 0 Å². The molecule has 0 saturated carbocycles. The molecule has 0 unspecified atom stereocenters. The van der Waals surface area contributed by atoms with Crippen LogP contribution in [0.25, 0.3) is 0 Å². The first-order valence-corrected chi connectivity index (χ1v) is 5.02. The van der Waals surface area contributed by atoms with Crippen LogP contribution in [0.3, 0.4) is 0 Å². The largest absolute Gasteiger partial charge is 0.747 e. The zero-order chi connectivity index (χ0) is 15.2. The predicted octanol–water partition coefficient (Wildman–Crippen LogP) is 2.35. The lowest BCUT2D eigenvalue weighted by molar-refractivity contribution is -0.293. The Morgan fingerprint density at radius 3 is 1.11 bits per heavy atom. The molecule has 0 heterocycles. The molecule has 0 aliphatic carbocycles. The van der Waals surface area contributed by atoms with Crippen LogP contribution in [0.1, 0.15) is 6.42 Å². The summed E-state index contributed by atoms with van der Waals surface area (Å²) in [4.78, 5) is 0. The van der Waals surface area contributed by atoms with Crippen molar-refractivity contribution in [2.45, 2.75) is 29.7 Å². The van der Waals surface area contributed by atoms with Gasteiger partial charge in [-0.1, -0.05) is 0 Å². The van der Waals surface area contributed by atoms with Crippen LogP contribution in [0.2, 0.25) is 0 Å². The maximum absolute atomic E-state index is 12.1. The van der Waals surface area contributed by atoms with Gasteiger partial charge in [0.15, 0.2) is 0 Å². The van der Waals surface area contributed by atoms with Crippen molar-refractivity contribution in [1.82, 2.24) is 0 Å². The third-order valence-electron chi connectivity index (χ3n) is 1.79. The maximum Gasteiger partial charge on any atom is 0.416 e.